The van der Waals surface area contributed by atoms with Crippen molar-refractivity contribution in [3.63, 3.8) is 0 Å². The van der Waals surface area contributed by atoms with Crippen molar-refractivity contribution < 1.29 is 4.79 Å². The number of nitrogens with one attached hydrogen (secondary N) is 1. The third-order valence-corrected chi connectivity index (χ3v) is 5.34. The van der Waals surface area contributed by atoms with Crippen molar-refractivity contribution in [2.75, 3.05) is 42.9 Å². The summed E-state index contributed by atoms with van der Waals surface area (Å²) in [4.78, 5) is 17.6. The van der Waals surface area contributed by atoms with Gasteiger partial charge < -0.3 is 15.1 Å². The Morgan fingerprint density at radius 3 is 2.39 bits per heavy atom. The zero-order valence-electron chi connectivity index (χ0n) is 13.1. The number of anilines is 2. The molecule has 1 aliphatic rings. The quantitative estimate of drug-likeness (QED) is 0.912. The van der Waals surface area contributed by atoms with Crippen LogP contribution in [0.5, 0.6) is 0 Å². The number of rotatable bonds is 4. The number of benzene rings is 1. The molecule has 0 saturated carbocycles. The van der Waals surface area contributed by atoms with E-state index in [2.05, 4.69) is 34.2 Å². The third kappa shape index (κ3) is 4.05. The Bertz CT molecular complexity index is 663. The van der Waals surface area contributed by atoms with Crippen LogP contribution in [0.1, 0.15) is 16.6 Å². The lowest BCUT2D eigenvalue weighted by atomic mass is 10.2. The van der Waals surface area contributed by atoms with Crippen LogP contribution in [0.2, 0.25) is 4.34 Å². The van der Waals surface area contributed by atoms with Crippen LogP contribution in [-0.4, -0.2) is 43.5 Å². The number of amides is 1. The third-order valence-electron chi connectivity index (χ3n) is 4.11. The minimum absolute atomic E-state index is 0.119. The van der Waals surface area contributed by atoms with Gasteiger partial charge in [-0.05, 0) is 42.9 Å². The number of halogens is 1. The summed E-state index contributed by atoms with van der Waals surface area (Å²) < 4.78 is 0.622. The maximum absolute atomic E-state index is 12.1. The molecule has 1 fully saturated rings. The van der Waals surface area contributed by atoms with Gasteiger partial charge in [-0.1, -0.05) is 18.5 Å². The highest BCUT2D eigenvalue weighted by molar-refractivity contribution is 7.18. The summed E-state index contributed by atoms with van der Waals surface area (Å²) in [6.07, 6.45) is 0. The second-order valence-corrected chi connectivity index (χ2v) is 7.24. The molecule has 23 heavy (non-hydrogen) atoms. The first-order valence-corrected chi connectivity index (χ1v) is 8.99. The van der Waals surface area contributed by atoms with Gasteiger partial charge in [-0.15, -0.1) is 11.3 Å². The molecule has 1 aromatic heterocycles. The molecule has 0 radical (unpaired) electrons. The van der Waals surface area contributed by atoms with E-state index in [1.54, 1.807) is 12.1 Å². The Morgan fingerprint density at radius 1 is 1.13 bits per heavy atom. The number of thiophene rings is 1. The van der Waals surface area contributed by atoms with Crippen molar-refractivity contribution in [2.45, 2.75) is 6.92 Å². The van der Waals surface area contributed by atoms with Crippen LogP contribution in [0.3, 0.4) is 0 Å². The normalized spacial score (nSPS) is 15.7. The van der Waals surface area contributed by atoms with E-state index in [0.717, 1.165) is 38.4 Å². The van der Waals surface area contributed by atoms with Crippen molar-refractivity contribution >= 4 is 40.2 Å². The number of carbonyl (C=O) groups excluding carboxylic acids is 1. The summed E-state index contributed by atoms with van der Waals surface area (Å²) in [5, 5.41) is 2.90. The fourth-order valence-corrected chi connectivity index (χ4v) is 3.65. The number of hydrogen-bond acceptors (Lipinski definition) is 4. The Kier molecular flexibility index (Phi) is 5.20. The van der Waals surface area contributed by atoms with Crippen LogP contribution in [0.25, 0.3) is 0 Å². The lowest BCUT2D eigenvalue weighted by Crippen LogP contribution is -2.46. The number of likely N-dealkylation sites (N-methyl/N-ethyl adjacent to an activating group) is 1. The summed E-state index contributed by atoms with van der Waals surface area (Å²) in [5.41, 5.74) is 2.01. The number of nitrogens with zero attached hydrogens (tertiary/aromatic N) is 2. The smallest absolute Gasteiger partial charge is 0.265 e. The summed E-state index contributed by atoms with van der Waals surface area (Å²) in [5.74, 6) is -0.119. The van der Waals surface area contributed by atoms with E-state index < -0.39 is 0 Å². The highest BCUT2D eigenvalue weighted by Gasteiger charge is 2.16. The summed E-state index contributed by atoms with van der Waals surface area (Å²) in [7, 11) is 0. The summed E-state index contributed by atoms with van der Waals surface area (Å²) >= 11 is 7.15. The molecule has 1 N–H and O–H groups in total. The van der Waals surface area contributed by atoms with Gasteiger partial charge in [-0.2, -0.15) is 0 Å². The lowest BCUT2D eigenvalue weighted by molar-refractivity contribution is 0.103. The summed E-state index contributed by atoms with van der Waals surface area (Å²) in [6, 6.07) is 11.5. The van der Waals surface area contributed by atoms with Crippen LogP contribution in [0, 0.1) is 0 Å². The van der Waals surface area contributed by atoms with Gasteiger partial charge >= 0.3 is 0 Å². The molecule has 3 rings (SSSR count). The predicted octanol–water partition coefficient (Wildman–Crippen LogP) is 3.80. The molecule has 0 bridgehead atoms. The highest BCUT2D eigenvalue weighted by atomic mass is 35.5. The van der Waals surface area contributed by atoms with Crippen LogP contribution in [0.15, 0.2) is 36.4 Å². The fourth-order valence-electron chi connectivity index (χ4n) is 2.71. The molecule has 2 aromatic rings. The van der Waals surface area contributed by atoms with Crippen LogP contribution in [-0.2, 0) is 0 Å². The molecule has 122 valence electrons. The van der Waals surface area contributed by atoms with Gasteiger partial charge in [0.25, 0.3) is 5.91 Å². The molecular weight excluding hydrogens is 330 g/mol. The standard InChI is InChI=1S/C17H20ClN3OS/c1-2-20-9-11-21(12-10-20)14-5-3-13(4-6-14)19-17(22)15-7-8-16(18)23-15/h3-8H,2,9-12H2,1H3,(H,19,22). The van der Waals surface area contributed by atoms with E-state index in [1.807, 2.05) is 12.1 Å². The second-order valence-electron chi connectivity index (χ2n) is 5.53. The van der Waals surface area contributed by atoms with E-state index in [1.165, 1.54) is 17.0 Å². The molecule has 6 heteroatoms. The van der Waals surface area contributed by atoms with Gasteiger partial charge in [-0.25, -0.2) is 0 Å². The monoisotopic (exact) mass is 349 g/mol. The van der Waals surface area contributed by atoms with E-state index in [0.29, 0.717) is 9.21 Å². The first kappa shape index (κ1) is 16.3. The van der Waals surface area contributed by atoms with Crippen LogP contribution < -0.4 is 10.2 Å². The molecule has 1 aromatic carbocycles. The Morgan fingerprint density at radius 2 is 1.83 bits per heavy atom. The van der Waals surface area contributed by atoms with E-state index in [4.69, 9.17) is 11.6 Å². The van der Waals surface area contributed by atoms with Crippen LogP contribution in [0.4, 0.5) is 11.4 Å². The maximum atomic E-state index is 12.1. The first-order chi connectivity index (χ1) is 11.2. The van der Waals surface area contributed by atoms with Crippen molar-refractivity contribution in [1.82, 2.24) is 4.90 Å². The average Bonchev–Trinajstić information content (AvgIpc) is 3.02. The number of carbonyl (C=O) groups is 1. The largest absolute Gasteiger partial charge is 0.369 e. The van der Waals surface area contributed by atoms with Crippen molar-refractivity contribution in [2.24, 2.45) is 0 Å². The van der Waals surface area contributed by atoms with Gasteiger partial charge in [0.2, 0.25) is 0 Å². The average molecular weight is 350 g/mol. The number of hydrogen-bond donors (Lipinski definition) is 1. The van der Waals surface area contributed by atoms with E-state index in [-0.39, 0.29) is 5.91 Å². The maximum Gasteiger partial charge on any atom is 0.265 e. The minimum Gasteiger partial charge on any atom is -0.369 e. The molecule has 0 unspecified atom stereocenters. The molecule has 1 amide bonds. The molecular formula is C17H20ClN3OS. The minimum atomic E-state index is -0.119. The molecule has 4 nitrogen and oxygen atoms in total. The Labute approximate surface area is 145 Å². The Hall–Kier alpha value is -1.56. The molecule has 0 atom stereocenters. The summed E-state index contributed by atoms with van der Waals surface area (Å²) in [6.45, 7) is 7.63. The molecule has 1 saturated heterocycles. The molecule has 0 spiro atoms. The lowest BCUT2D eigenvalue weighted by Gasteiger charge is -2.35. The zero-order chi connectivity index (χ0) is 16.2. The van der Waals surface area contributed by atoms with Gasteiger partial charge in [0.1, 0.15) is 0 Å². The van der Waals surface area contributed by atoms with Crippen molar-refractivity contribution in [3.8, 4) is 0 Å². The predicted molar refractivity (Wildman–Crippen MR) is 98.1 cm³/mol. The van der Waals surface area contributed by atoms with E-state index in [9.17, 15) is 4.79 Å². The van der Waals surface area contributed by atoms with Gasteiger partial charge in [0, 0.05) is 37.6 Å². The highest BCUT2D eigenvalue weighted by Crippen LogP contribution is 2.23. The SMILES string of the molecule is CCN1CCN(c2ccc(NC(=O)c3ccc(Cl)s3)cc2)CC1. The fraction of sp³-hybridized carbons (Fsp3) is 0.353. The molecule has 0 aliphatic carbocycles. The van der Waals surface area contributed by atoms with Crippen molar-refractivity contribution in [3.05, 3.63) is 45.6 Å². The second kappa shape index (κ2) is 7.34. The Balaban J connectivity index is 1.60. The van der Waals surface area contributed by atoms with Gasteiger partial charge in [-0.3, -0.25) is 4.79 Å². The number of piperazine rings is 1. The van der Waals surface area contributed by atoms with E-state index >= 15 is 0 Å². The molecule has 1 aliphatic heterocycles. The van der Waals surface area contributed by atoms with Gasteiger partial charge in [0.15, 0.2) is 0 Å². The molecule has 2 heterocycles. The first-order valence-electron chi connectivity index (χ1n) is 7.80. The zero-order valence-corrected chi connectivity index (χ0v) is 14.7. The van der Waals surface area contributed by atoms with Gasteiger partial charge in [0.05, 0.1) is 9.21 Å². The van der Waals surface area contributed by atoms with Crippen molar-refractivity contribution in [1.29, 1.82) is 0 Å². The van der Waals surface area contributed by atoms with Crippen LogP contribution >= 0.6 is 22.9 Å². The topological polar surface area (TPSA) is 35.6 Å².